The van der Waals surface area contributed by atoms with Crippen LogP contribution in [0.3, 0.4) is 0 Å². The predicted molar refractivity (Wildman–Crippen MR) is 154 cm³/mol. The van der Waals surface area contributed by atoms with Crippen molar-refractivity contribution in [1.29, 1.82) is 0 Å². The largest absolute Gasteiger partial charge is 0.493 e. The number of carbonyl (C=O) groups is 3. The lowest BCUT2D eigenvalue weighted by molar-refractivity contribution is -0.385. The zero-order chi connectivity index (χ0) is 32.3. The molecule has 0 saturated carbocycles. The van der Waals surface area contributed by atoms with Crippen molar-refractivity contribution in [2.75, 3.05) is 66.4 Å². The van der Waals surface area contributed by atoms with Crippen LogP contribution in [0.5, 0.6) is 11.5 Å². The first-order valence-corrected chi connectivity index (χ1v) is 13.8. The molecule has 3 amide bonds. The molecule has 1 aromatic carbocycles. The summed E-state index contributed by atoms with van der Waals surface area (Å²) in [4.78, 5) is 45.4. The molecule has 0 fully saturated rings. The molecule has 1 unspecified atom stereocenters. The summed E-state index contributed by atoms with van der Waals surface area (Å²) in [7, 11) is 1.36. The number of nitrogens with one attached hydrogen (secondary N) is 3. The Kier molecular flexibility index (Phi) is 17.4. The SMILES string of the molecule is COc1cc(C(C)NC(=O)O)c([N+](=O)[O-])cc1OCCCC(=O)NCCOCCOCCOCCNC(=O)OC(C)(C)C. The zero-order valence-electron chi connectivity index (χ0n) is 25.4. The van der Waals surface area contributed by atoms with Crippen LogP contribution >= 0.6 is 0 Å². The summed E-state index contributed by atoms with van der Waals surface area (Å²) >= 11 is 0. The van der Waals surface area contributed by atoms with Gasteiger partial charge in [-0.2, -0.15) is 0 Å². The number of amides is 3. The molecule has 43 heavy (non-hydrogen) atoms. The fraction of sp³-hybridized carbons (Fsp3) is 0.667. The van der Waals surface area contributed by atoms with Gasteiger partial charge in [-0.1, -0.05) is 0 Å². The van der Waals surface area contributed by atoms with Gasteiger partial charge in [0.1, 0.15) is 5.60 Å². The second kappa shape index (κ2) is 20.1. The number of methoxy groups -OCH3 is 1. The van der Waals surface area contributed by atoms with Crippen LogP contribution in [0.25, 0.3) is 0 Å². The number of nitrogens with zero attached hydrogens (tertiary/aromatic N) is 1. The highest BCUT2D eigenvalue weighted by molar-refractivity contribution is 5.75. The van der Waals surface area contributed by atoms with Crippen molar-refractivity contribution in [1.82, 2.24) is 16.0 Å². The average molecular weight is 617 g/mol. The summed E-state index contributed by atoms with van der Waals surface area (Å²) in [5.74, 6) is 0.104. The summed E-state index contributed by atoms with van der Waals surface area (Å²) in [6.07, 6.45) is -1.30. The van der Waals surface area contributed by atoms with Gasteiger partial charge in [0.15, 0.2) is 11.5 Å². The summed E-state index contributed by atoms with van der Waals surface area (Å²) < 4.78 is 32.1. The number of nitro benzene ring substituents is 1. The minimum Gasteiger partial charge on any atom is -0.493 e. The first-order chi connectivity index (χ1) is 20.3. The molecule has 0 aliphatic carbocycles. The Morgan fingerprint density at radius 3 is 2.05 bits per heavy atom. The number of ether oxygens (including phenoxy) is 6. The van der Waals surface area contributed by atoms with Crippen molar-refractivity contribution in [3.63, 3.8) is 0 Å². The van der Waals surface area contributed by atoms with Crippen LogP contribution < -0.4 is 25.4 Å². The van der Waals surface area contributed by atoms with Gasteiger partial charge >= 0.3 is 12.2 Å². The zero-order valence-corrected chi connectivity index (χ0v) is 25.4. The molecular weight excluding hydrogens is 572 g/mol. The Morgan fingerprint density at radius 1 is 0.930 bits per heavy atom. The normalized spacial score (nSPS) is 11.7. The van der Waals surface area contributed by atoms with Crippen LogP contribution in [0.2, 0.25) is 0 Å². The molecule has 1 atom stereocenters. The van der Waals surface area contributed by atoms with Gasteiger partial charge in [-0.3, -0.25) is 14.9 Å². The number of rotatable bonds is 21. The minimum atomic E-state index is -1.32. The van der Waals surface area contributed by atoms with Gasteiger partial charge in [-0.05, 0) is 40.2 Å². The summed E-state index contributed by atoms with van der Waals surface area (Å²) in [6, 6.07) is 1.68. The standard InChI is InChI=1S/C27H44N4O12/c1-19(30-25(33)34)20-17-22(38-5)23(18-21(20)31(36)37)42-10-6-7-24(32)28-8-11-39-13-15-41-16-14-40-12-9-29-26(35)43-27(2,3)4/h17-19,30H,6-16H2,1-5H3,(H,28,32)(H,29,35)(H,33,34). The molecule has 244 valence electrons. The molecule has 16 heteroatoms. The van der Waals surface area contributed by atoms with Crippen LogP contribution in [-0.4, -0.2) is 100 Å². The van der Waals surface area contributed by atoms with Crippen molar-refractivity contribution in [3.05, 3.63) is 27.8 Å². The first kappa shape index (κ1) is 37.1. The van der Waals surface area contributed by atoms with Crippen molar-refractivity contribution in [3.8, 4) is 11.5 Å². The van der Waals surface area contributed by atoms with Crippen LogP contribution in [0, 0.1) is 10.1 Å². The fourth-order valence-corrected chi connectivity index (χ4v) is 3.45. The van der Waals surface area contributed by atoms with E-state index in [2.05, 4.69) is 16.0 Å². The van der Waals surface area contributed by atoms with E-state index in [0.29, 0.717) is 59.2 Å². The maximum absolute atomic E-state index is 12.0. The topological polar surface area (TPSA) is 206 Å². The average Bonchev–Trinajstić information content (AvgIpc) is 2.91. The summed E-state index contributed by atoms with van der Waals surface area (Å²) in [5, 5.41) is 28.0. The third-order valence-electron chi connectivity index (χ3n) is 5.35. The fourth-order valence-electron chi connectivity index (χ4n) is 3.45. The maximum atomic E-state index is 12.0. The lowest BCUT2D eigenvalue weighted by Crippen LogP contribution is -2.34. The molecule has 0 aliphatic rings. The molecule has 0 spiro atoms. The molecule has 16 nitrogen and oxygen atoms in total. The van der Waals surface area contributed by atoms with Crippen molar-refractivity contribution >= 4 is 23.8 Å². The molecule has 0 saturated heterocycles. The Labute approximate surface area is 250 Å². The van der Waals surface area contributed by atoms with E-state index in [-0.39, 0.29) is 41.7 Å². The van der Waals surface area contributed by atoms with Crippen LogP contribution in [-0.2, 0) is 23.7 Å². The summed E-state index contributed by atoms with van der Waals surface area (Å²) in [6.45, 7) is 9.68. The molecule has 1 rings (SSSR count). The second-order valence-corrected chi connectivity index (χ2v) is 10.1. The van der Waals surface area contributed by atoms with E-state index in [1.807, 2.05) is 0 Å². The van der Waals surface area contributed by atoms with Gasteiger partial charge in [0.25, 0.3) is 5.69 Å². The number of alkyl carbamates (subject to hydrolysis) is 1. The molecule has 0 radical (unpaired) electrons. The quantitative estimate of drug-likeness (QED) is 0.0894. The smallest absolute Gasteiger partial charge is 0.407 e. The Bertz CT molecular complexity index is 1030. The minimum absolute atomic E-state index is 0.0982. The van der Waals surface area contributed by atoms with E-state index in [0.717, 1.165) is 0 Å². The number of hydrogen-bond acceptors (Lipinski definition) is 11. The van der Waals surface area contributed by atoms with E-state index in [9.17, 15) is 24.5 Å². The van der Waals surface area contributed by atoms with Crippen LogP contribution in [0.15, 0.2) is 12.1 Å². The molecule has 0 heterocycles. The number of nitro groups is 1. The molecule has 1 aromatic rings. The molecule has 4 N–H and O–H groups in total. The van der Waals surface area contributed by atoms with Crippen LogP contribution in [0.4, 0.5) is 15.3 Å². The lowest BCUT2D eigenvalue weighted by Gasteiger charge is -2.19. The Hall–Kier alpha value is -3.89. The second-order valence-electron chi connectivity index (χ2n) is 10.1. The van der Waals surface area contributed by atoms with E-state index in [1.165, 1.54) is 26.2 Å². The monoisotopic (exact) mass is 616 g/mol. The van der Waals surface area contributed by atoms with E-state index in [1.54, 1.807) is 20.8 Å². The van der Waals surface area contributed by atoms with E-state index >= 15 is 0 Å². The number of benzene rings is 1. The van der Waals surface area contributed by atoms with Gasteiger partial charge in [0, 0.05) is 19.5 Å². The third kappa shape index (κ3) is 17.0. The molecule has 0 bridgehead atoms. The third-order valence-corrected chi connectivity index (χ3v) is 5.35. The highest BCUT2D eigenvalue weighted by Crippen LogP contribution is 2.37. The first-order valence-electron chi connectivity index (χ1n) is 13.8. The number of hydrogen-bond donors (Lipinski definition) is 4. The van der Waals surface area contributed by atoms with Crippen molar-refractivity contribution in [2.45, 2.75) is 52.2 Å². The summed E-state index contributed by atoms with van der Waals surface area (Å²) in [5.41, 5.74) is -0.743. The predicted octanol–water partition coefficient (Wildman–Crippen LogP) is 2.78. The maximum Gasteiger partial charge on any atom is 0.407 e. The van der Waals surface area contributed by atoms with Gasteiger partial charge in [-0.15, -0.1) is 0 Å². The highest BCUT2D eigenvalue weighted by Gasteiger charge is 2.24. The molecule has 0 aliphatic heterocycles. The molecule has 0 aromatic heterocycles. The van der Waals surface area contributed by atoms with E-state index < -0.39 is 28.8 Å². The van der Waals surface area contributed by atoms with Crippen molar-refractivity contribution in [2.24, 2.45) is 0 Å². The van der Waals surface area contributed by atoms with Gasteiger partial charge in [0.2, 0.25) is 5.91 Å². The van der Waals surface area contributed by atoms with Crippen molar-refractivity contribution < 1.29 is 52.8 Å². The van der Waals surface area contributed by atoms with Gasteiger partial charge < -0.3 is 49.5 Å². The Morgan fingerprint density at radius 2 is 1.51 bits per heavy atom. The lowest BCUT2D eigenvalue weighted by atomic mass is 10.1. The van der Waals surface area contributed by atoms with E-state index in [4.69, 9.17) is 33.5 Å². The van der Waals surface area contributed by atoms with Crippen LogP contribution in [0.1, 0.15) is 52.1 Å². The van der Waals surface area contributed by atoms with Gasteiger partial charge in [0.05, 0.1) is 76.0 Å². The number of carbonyl (C=O) groups excluding carboxylic acids is 2. The number of carboxylic acid groups (broad SMARTS) is 1. The molecular formula is C27H44N4O12. The highest BCUT2D eigenvalue weighted by atomic mass is 16.6. The Balaban J connectivity index is 2.16. The van der Waals surface area contributed by atoms with Gasteiger partial charge in [-0.25, -0.2) is 9.59 Å².